The molecule has 0 aliphatic heterocycles. The first-order valence-electron chi connectivity index (χ1n) is 7.45. The second-order valence-electron chi connectivity index (χ2n) is 4.68. The Balaban J connectivity index is 1.75. The molecule has 2 rings (SSSR count). The van der Waals surface area contributed by atoms with Crippen molar-refractivity contribution >= 4 is 45.2 Å². The maximum Gasteiger partial charge on any atom is 0.276 e. The summed E-state index contributed by atoms with van der Waals surface area (Å²) in [5, 5.41) is 0. The van der Waals surface area contributed by atoms with Crippen LogP contribution in [0.1, 0.15) is 11.8 Å². The molecule has 132 valence electrons. The van der Waals surface area contributed by atoms with Gasteiger partial charge in [0.15, 0.2) is 18.1 Å². The van der Waals surface area contributed by atoms with E-state index >= 15 is 0 Å². The van der Waals surface area contributed by atoms with Gasteiger partial charge in [-0.15, -0.1) is 11.3 Å². The summed E-state index contributed by atoms with van der Waals surface area (Å²) in [6.07, 6.45) is 3.00. The third-order valence-electron chi connectivity index (χ3n) is 2.83. The highest BCUT2D eigenvalue weighted by Crippen LogP contribution is 2.26. The highest BCUT2D eigenvalue weighted by atomic mass is 79.9. The molecule has 8 heteroatoms. The third-order valence-corrected chi connectivity index (χ3v) is 4.41. The summed E-state index contributed by atoms with van der Waals surface area (Å²) < 4.78 is 11.8. The summed E-state index contributed by atoms with van der Waals surface area (Å²) in [6.45, 7) is 2.11. The maximum absolute atomic E-state index is 11.7. The molecule has 6 nitrogen and oxygen atoms in total. The summed E-state index contributed by atoms with van der Waals surface area (Å²) in [4.78, 5) is 24.3. The molecule has 1 aromatic heterocycles. The number of halogens is 1. The Labute approximate surface area is 157 Å². The lowest BCUT2D eigenvalue weighted by atomic mass is 10.3. The van der Waals surface area contributed by atoms with Crippen LogP contribution in [-0.4, -0.2) is 25.0 Å². The van der Waals surface area contributed by atoms with Crippen LogP contribution in [0.2, 0.25) is 0 Å². The molecule has 1 heterocycles. The first kappa shape index (κ1) is 19.0. The fourth-order valence-electron chi connectivity index (χ4n) is 1.77. The number of carbonyl (C=O) groups is 2. The van der Waals surface area contributed by atoms with Crippen molar-refractivity contribution in [2.24, 2.45) is 0 Å². The van der Waals surface area contributed by atoms with Crippen molar-refractivity contribution < 1.29 is 19.1 Å². The second-order valence-corrected chi connectivity index (χ2v) is 7.18. The smallest absolute Gasteiger partial charge is 0.276 e. The monoisotopic (exact) mass is 424 g/mol. The van der Waals surface area contributed by atoms with Crippen molar-refractivity contribution in [1.82, 2.24) is 10.9 Å². The second kappa shape index (κ2) is 9.85. The summed E-state index contributed by atoms with van der Waals surface area (Å²) in [5.74, 6) is 0.111. The molecule has 25 heavy (non-hydrogen) atoms. The van der Waals surface area contributed by atoms with Crippen LogP contribution >= 0.6 is 27.3 Å². The number of para-hydroxylation sites is 2. The van der Waals surface area contributed by atoms with E-state index in [0.717, 1.165) is 8.66 Å². The Morgan fingerprint density at radius 1 is 1.12 bits per heavy atom. The summed E-state index contributed by atoms with van der Waals surface area (Å²) >= 11 is 4.84. The van der Waals surface area contributed by atoms with Crippen molar-refractivity contribution in [3.63, 3.8) is 0 Å². The van der Waals surface area contributed by atoms with Gasteiger partial charge in [-0.05, 0) is 53.2 Å². The van der Waals surface area contributed by atoms with Crippen molar-refractivity contribution in [2.75, 3.05) is 13.2 Å². The Morgan fingerprint density at radius 3 is 2.48 bits per heavy atom. The molecule has 0 atom stereocenters. The lowest BCUT2D eigenvalue weighted by Gasteiger charge is -2.11. The average Bonchev–Trinajstić information content (AvgIpc) is 3.03. The average molecular weight is 425 g/mol. The minimum atomic E-state index is -0.480. The van der Waals surface area contributed by atoms with Crippen LogP contribution in [0.25, 0.3) is 6.08 Å². The standard InChI is InChI=1S/C17H17BrN2O4S/c1-2-23-13-5-3-4-6-14(13)24-11-17(22)20-19-16(21)10-8-12-7-9-15(18)25-12/h3-10H,2,11H2,1H3,(H,19,21)(H,20,22)/b10-8+. The van der Waals surface area contributed by atoms with Crippen LogP contribution in [-0.2, 0) is 9.59 Å². The zero-order chi connectivity index (χ0) is 18.1. The molecule has 0 aliphatic carbocycles. The van der Waals surface area contributed by atoms with Crippen LogP contribution in [0.15, 0.2) is 46.3 Å². The third kappa shape index (κ3) is 6.60. The Morgan fingerprint density at radius 2 is 1.84 bits per heavy atom. The van der Waals surface area contributed by atoms with Crippen molar-refractivity contribution in [1.29, 1.82) is 0 Å². The number of hydrogen-bond donors (Lipinski definition) is 2. The molecule has 0 saturated carbocycles. The van der Waals surface area contributed by atoms with Gasteiger partial charge in [0, 0.05) is 11.0 Å². The van der Waals surface area contributed by atoms with Crippen molar-refractivity contribution in [2.45, 2.75) is 6.92 Å². The number of rotatable bonds is 7. The van der Waals surface area contributed by atoms with Crippen LogP contribution in [0, 0.1) is 0 Å². The minimum Gasteiger partial charge on any atom is -0.490 e. The molecule has 2 aromatic rings. The highest BCUT2D eigenvalue weighted by molar-refractivity contribution is 9.11. The quantitative estimate of drug-likeness (QED) is 0.528. The van der Waals surface area contributed by atoms with Gasteiger partial charge < -0.3 is 9.47 Å². The molecule has 2 N–H and O–H groups in total. The van der Waals surface area contributed by atoms with E-state index in [-0.39, 0.29) is 6.61 Å². The maximum atomic E-state index is 11.7. The number of amides is 2. The molecule has 0 aliphatic rings. The zero-order valence-electron chi connectivity index (χ0n) is 13.5. The minimum absolute atomic E-state index is 0.244. The van der Waals surface area contributed by atoms with Gasteiger partial charge in [-0.2, -0.15) is 0 Å². The van der Waals surface area contributed by atoms with Crippen LogP contribution < -0.4 is 20.3 Å². The van der Waals surface area contributed by atoms with Crippen LogP contribution in [0.3, 0.4) is 0 Å². The van der Waals surface area contributed by atoms with Gasteiger partial charge in [0.2, 0.25) is 0 Å². The van der Waals surface area contributed by atoms with Gasteiger partial charge in [0.25, 0.3) is 11.8 Å². The van der Waals surface area contributed by atoms with E-state index in [1.165, 1.54) is 17.4 Å². The molecule has 0 fully saturated rings. The SMILES string of the molecule is CCOc1ccccc1OCC(=O)NNC(=O)/C=C/c1ccc(Br)s1. The number of ether oxygens (including phenoxy) is 2. The van der Waals surface area contributed by atoms with E-state index in [0.29, 0.717) is 18.1 Å². The molecule has 0 radical (unpaired) electrons. The molecule has 0 unspecified atom stereocenters. The number of nitrogens with one attached hydrogen (secondary N) is 2. The van der Waals surface area contributed by atoms with Gasteiger partial charge in [0.05, 0.1) is 10.4 Å². The van der Waals surface area contributed by atoms with Crippen molar-refractivity contribution in [3.8, 4) is 11.5 Å². The van der Waals surface area contributed by atoms with E-state index < -0.39 is 11.8 Å². The van der Waals surface area contributed by atoms with E-state index in [2.05, 4.69) is 26.8 Å². The lowest BCUT2D eigenvalue weighted by Crippen LogP contribution is -2.43. The molecule has 0 saturated heterocycles. The molecule has 1 aromatic carbocycles. The topological polar surface area (TPSA) is 76.7 Å². The Hall–Kier alpha value is -2.32. The zero-order valence-corrected chi connectivity index (χ0v) is 15.9. The van der Waals surface area contributed by atoms with E-state index in [1.807, 2.05) is 25.1 Å². The van der Waals surface area contributed by atoms with Crippen LogP contribution in [0.5, 0.6) is 11.5 Å². The molecule has 0 spiro atoms. The lowest BCUT2D eigenvalue weighted by molar-refractivity contribution is -0.128. The predicted octanol–water partition coefficient (Wildman–Crippen LogP) is 3.15. The van der Waals surface area contributed by atoms with Gasteiger partial charge >= 0.3 is 0 Å². The van der Waals surface area contributed by atoms with Gasteiger partial charge in [-0.25, -0.2) is 0 Å². The summed E-state index contributed by atoms with van der Waals surface area (Å²) in [7, 11) is 0. The Kier molecular flexibility index (Phi) is 7.49. The predicted molar refractivity (Wildman–Crippen MR) is 100 cm³/mol. The number of hydrogen-bond acceptors (Lipinski definition) is 5. The fourth-order valence-corrected chi connectivity index (χ4v) is 3.10. The number of thiophene rings is 1. The Bertz CT molecular complexity index is 761. The first-order chi connectivity index (χ1) is 12.1. The largest absolute Gasteiger partial charge is 0.490 e. The number of carbonyl (C=O) groups excluding carboxylic acids is 2. The van der Waals surface area contributed by atoms with Gasteiger partial charge in [0.1, 0.15) is 0 Å². The molecule has 2 amide bonds. The molecular weight excluding hydrogens is 408 g/mol. The fraction of sp³-hybridized carbons (Fsp3) is 0.176. The summed E-state index contributed by atoms with van der Waals surface area (Å²) in [5.41, 5.74) is 4.58. The van der Waals surface area contributed by atoms with E-state index in [4.69, 9.17) is 9.47 Å². The van der Waals surface area contributed by atoms with E-state index in [1.54, 1.807) is 24.3 Å². The molecule has 0 bridgehead atoms. The number of hydrazine groups is 1. The van der Waals surface area contributed by atoms with Crippen LogP contribution in [0.4, 0.5) is 0 Å². The summed E-state index contributed by atoms with van der Waals surface area (Å²) in [6, 6.07) is 10.8. The van der Waals surface area contributed by atoms with Gasteiger partial charge in [-0.1, -0.05) is 12.1 Å². The highest BCUT2D eigenvalue weighted by Gasteiger charge is 2.07. The van der Waals surface area contributed by atoms with E-state index in [9.17, 15) is 9.59 Å². The first-order valence-corrected chi connectivity index (χ1v) is 9.06. The molecular formula is C17H17BrN2O4S. The normalized spacial score (nSPS) is 10.5. The number of benzene rings is 1. The van der Waals surface area contributed by atoms with Gasteiger partial charge in [-0.3, -0.25) is 20.4 Å². The van der Waals surface area contributed by atoms with Crippen molar-refractivity contribution in [3.05, 3.63) is 51.1 Å².